The van der Waals surface area contributed by atoms with Gasteiger partial charge in [-0.05, 0) is 31.2 Å². The molecule has 1 saturated heterocycles. The molecule has 7 nitrogen and oxygen atoms in total. The quantitative estimate of drug-likeness (QED) is 0.687. The van der Waals surface area contributed by atoms with E-state index in [-0.39, 0.29) is 16.7 Å². The molecule has 2 aliphatic heterocycles. The van der Waals surface area contributed by atoms with Crippen LogP contribution >= 0.6 is 11.7 Å². The van der Waals surface area contributed by atoms with Gasteiger partial charge in [0.05, 0.1) is 11.7 Å². The number of aromatic nitrogens is 2. The lowest BCUT2D eigenvalue weighted by atomic mass is 9.90. The van der Waals surface area contributed by atoms with Crippen molar-refractivity contribution in [1.82, 2.24) is 14.1 Å². The number of hydrogen-bond acceptors (Lipinski definition) is 8. The van der Waals surface area contributed by atoms with Gasteiger partial charge in [0.2, 0.25) is 0 Å². The van der Waals surface area contributed by atoms with Crippen molar-refractivity contribution in [1.29, 1.82) is 0 Å². The molecule has 5 rings (SSSR count). The van der Waals surface area contributed by atoms with Gasteiger partial charge in [-0.25, -0.2) is 0 Å². The molecule has 1 N–H and O–H groups in total. The largest absolute Gasteiger partial charge is 0.488 e. The first-order valence-corrected chi connectivity index (χ1v) is 10.4. The van der Waals surface area contributed by atoms with Crippen LogP contribution in [0.2, 0.25) is 0 Å². The van der Waals surface area contributed by atoms with E-state index in [0.29, 0.717) is 22.7 Å². The molecule has 26 heavy (non-hydrogen) atoms. The average molecular weight is 389 g/mol. The minimum absolute atomic E-state index is 0.0167. The molecule has 1 fully saturated rings. The highest BCUT2D eigenvalue weighted by Gasteiger charge is 2.36. The number of nitrogens with zero attached hydrogens (tertiary/aromatic N) is 2. The van der Waals surface area contributed by atoms with Crippen molar-refractivity contribution in [3.05, 3.63) is 42.0 Å². The van der Waals surface area contributed by atoms with E-state index in [9.17, 15) is 8.42 Å². The standard InChI is InChI=1S/C17H15N3O4S2/c21-26(22,16-3-1-2-13-17(16)20-25-19-13)24-10-4-5-11-12-6-7-18-9-15(12)23-14(11)8-10/h1-5,8,12,15,18H,6-7,9H2. The maximum Gasteiger partial charge on any atom is 0.341 e. The highest BCUT2D eigenvalue weighted by Crippen LogP contribution is 2.43. The molecule has 1 aromatic heterocycles. The van der Waals surface area contributed by atoms with Gasteiger partial charge in [0, 0.05) is 24.1 Å². The smallest absolute Gasteiger partial charge is 0.341 e. The third kappa shape index (κ3) is 2.54. The maximum atomic E-state index is 12.7. The predicted octanol–water partition coefficient (Wildman–Crippen LogP) is 2.30. The van der Waals surface area contributed by atoms with Crippen molar-refractivity contribution in [3.63, 3.8) is 0 Å². The summed E-state index contributed by atoms with van der Waals surface area (Å²) in [4.78, 5) is 0.0167. The fraction of sp³-hybridized carbons (Fsp3) is 0.294. The van der Waals surface area contributed by atoms with Crippen LogP contribution in [-0.4, -0.2) is 36.4 Å². The van der Waals surface area contributed by atoms with E-state index in [1.54, 1.807) is 24.3 Å². The molecule has 2 atom stereocenters. The van der Waals surface area contributed by atoms with Gasteiger partial charge in [0.25, 0.3) is 0 Å². The van der Waals surface area contributed by atoms with Gasteiger partial charge in [-0.1, -0.05) is 12.1 Å². The number of fused-ring (bicyclic) bond motifs is 4. The Morgan fingerprint density at radius 3 is 3.08 bits per heavy atom. The molecule has 2 aliphatic rings. The van der Waals surface area contributed by atoms with Crippen LogP contribution in [0.25, 0.3) is 11.0 Å². The molecule has 0 spiro atoms. The van der Waals surface area contributed by atoms with Crippen molar-refractivity contribution >= 4 is 32.9 Å². The molecule has 0 saturated carbocycles. The molecule has 0 aliphatic carbocycles. The van der Waals surface area contributed by atoms with Crippen LogP contribution < -0.4 is 14.2 Å². The monoisotopic (exact) mass is 389 g/mol. The van der Waals surface area contributed by atoms with E-state index in [2.05, 4.69) is 14.1 Å². The SMILES string of the molecule is O=S(=O)(Oc1ccc2c(c1)OC1CNCCC21)c1cccc2nsnc12. The Labute approximate surface area is 154 Å². The summed E-state index contributed by atoms with van der Waals surface area (Å²) in [5.41, 5.74) is 1.98. The lowest BCUT2D eigenvalue weighted by molar-refractivity contribution is 0.176. The van der Waals surface area contributed by atoms with E-state index >= 15 is 0 Å². The summed E-state index contributed by atoms with van der Waals surface area (Å²) in [7, 11) is -4.02. The Morgan fingerprint density at radius 2 is 2.15 bits per heavy atom. The van der Waals surface area contributed by atoms with Gasteiger partial charge in [0.1, 0.15) is 33.5 Å². The van der Waals surface area contributed by atoms with Crippen LogP contribution in [0.1, 0.15) is 17.9 Å². The maximum absolute atomic E-state index is 12.7. The summed E-state index contributed by atoms with van der Waals surface area (Å²) < 4.78 is 44.9. The number of rotatable bonds is 3. The van der Waals surface area contributed by atoms with E-state index in [0.717, 1.165) is 36.8 Å². The molecule has 2 aromatic carbocycles. The van der Waals surface area contributed by atoms with Gasteiger partial charge >= 0.3 is 10.1 Å². The summed E-state index contributed by atoms with van der Waals surface area (Å²) in [5.74, 6) is 1.28. The lowest BCUT2D eigenvalue weighted by Gasteiger charge is -2.24. The van der Waals surface area contributed by atoms with E-state index in [4.69, 9.17) is 8.92 Å². The molecule has 0 amide bonds. The molecule has 0 bridgehead atoms. The molecule has 9 heteroatoms. The zero-order chi connectivity index (χ0) is 17.7. The number of piperidine rings is 1. The van der Waals surface area contributed by atoms with Crippen molar-refractivity contribution in [2.75, 3.05) is 13.1 Å². The van der Waals surface area contributed by atoms with Crippen LogP contribution in [-0.2, 0) is 10.1 Å². The van der Waals surface area contributed by atoms with Crippen molar-refractivity contribution in [2.45, 2.75) is 23.3 Å². The molecule has 2 unspecified atom stereocenters. The van der Waals surface area contributed by atoms with Crippen LogP contribution in [0, 0.1) is 0 Å². The topological polar surface area (TPSA) is 90.4 Å². The number of benzene rings is 2. The van der Waals surface area contributed by atoms with Crippen molar-refractivity contribution < 1.29 is 17.3 Å². The van der Waals surface area contributed by atoms with Gasteiger partial charge in [0.15, 0.2) is 0 Å². The van der Waals surface area contributed by atoms with E-state index in [1.165, 1.54) is 6.07 Å². The minimum Gasteiger partial charge on any atom is -0.488 e. The number of nitrogens with one attached hydrogen (secondary N) is 1. The second-order valence-corrected chi connectivity index (χ2v) is 8.42. The number of hydrogen-bond donors (Lipinski definition) is 1. The third-order valence-corrected chi connectivity index (χ3v) is 6.64. The second-order valence-electron chi connectivity index (χ2n) is 6.38. The molecule has 0 radical (unpaired) electrons. The Morgan fingerprint density at radius 1 is 1.23 bits per heavy atom. The fourth-order valence-electron chi connectivity index (χ4n) is 3.60. The van der Waals surface area contributed by atoms with Crippen LogP contribution in [0.5, 0.6) is 11.5 Å². The molecular weight excluding hydrogens is 374 g/mol. The minimum atomic E-state index is -4.02. The Hall–Kier alpha value is -2.23. The van der Waals surface area contributed by atoms with Gasteiger partial charge in [-0.3, -0.25) is 0 Å². The summed E-state index contributed by atoms with van der Waals surface area (Å²) in [6, 6.07) is 10.1. The molecule has 3 aromatic rings. The van der Waals surface area contributed by atoms with Gasteiger partial charge < -0.3 is 14.2 Å². The molecule has 3 heterocycles. The Bertz CT molecular complexity index is 1100. The zero-order valence-corrected chi connectivity index (χ0v) is 15.2. The van der Waals surface area contributed by atoms with Crippen LogP contribution in [0.15, 0.2) is 41.3 Å². The average Bonchev–Trinajstić information content (AvgIpc) is 3.24. The summed E-state index contributed by atoms with van der Waals surface area (Å²) >= 11 is 0.971. The molecular formula is C17H15N3O4S2. The van der Waals surface area contributed by atoms with Crippen LogP contribution in [0.4, 0.5) is 0 Å². The summed E-state index contributed by atoms with van der Waals surface area (Å²) in [6.45, 7) is 1.76. The highest BCUT2D eigenvalue weighted by atomic mass is 32.2. The van der Waals surface area contributed by atoms with Crippen LogP contribution in [0.3, 0.4) is 0 Å². The second kappa shape index (κ2) is 5.90. The summed E-state index contributed by atoms with van der Waals surface area (Å²) in [5, 5.41) is 3.32. The Kier molecular flexibility index (Phi) is 3.63. The van der Waals surface area contributed by atoms with Gasteiger partial charge in [-0.15, -0.1) is 0 Å². The fourth-order valence-corrected chi connectivity index (χ4v) is 5.29. The first kappa shape index (κ1) is 16.0. The highest BCUT2D eigenvalue weighted by molar-refractivity contribution is 7.87. The van der Waals surface area contributed by atoms with E-state index < -0.39 is 10.1 Å². The number of ether oxygens (including phenoxy) is 1. The van der Waals surface area contributed by atoms with Crippen molar-refractivity contribution in [3.8, 4) is 11.5 Å². The predicted molar refractivity (Wildman–Crippen MR) is 96.3 cm³/mol. The molecule has 134 valence electrons. The van der Waals surface area contributed by atoms with E-state index in [1.807, 2.05) is 6.07 Å². The first-order chi connectivity index (χ1) is 12.6. The van der Waals surface area contributed by atoms with Crippen molar-refractivity contribution in [2.24, 2.45) is 0 Å². The lowest BCUT2D eigenvalue weighted by Crippen LogP contribution is -2.39. The zero-order valence-electron chi connectivity index (χ0n) is 13.6. The Balaban J connectivity index is 1.48. The third-order valence-electron chi connectivity index (χ3n) is 4.81. The summed E-state index contributed by atoms with van der Waals surface area (Å²) in [6.07, 6.45) is 1.11. The normalized spacial score (nSPS) is 21.8. The van der Waals surface area contributed by atoms with Gasteiger partial charge in [-0.2, -0.15) is 17.2 Å². The first-order valence-electron chi connectivity index (χ1n) is 8.29.